The van der Waals surface area contributed by atoms with Crippen molar-refractivity contribution in [1.29, 1.82) is 0 Å². The van der Waals surface area contributed by atoms with E-state index in [1.165, 1.54) is 43.5 Å². The number of methoxy groups -OCH3 is 1. The highest BCUT2D eigenvalue weighted by molar-refractivity contribution is 7.94. The summed E-state index contributed by atoms with van der Waals surface area (Å²) >= 11 is 0. The molecule has 0 aliphatic heterocycles. The van der Waals surface area contributed by atoms with Gasteiger partial charge in [0.25, 0.3) is 0 Å². The molecule has 0 N–H and O–H groups in total. The van der Waals surface area contributed by atoms with Gasteiger partial charge in [-0.2, -0.15) is 13.2 Å². The standard InChI is InChI=1S/C16H13F3O3S/c1-22-13-6-4-7-14(11-13)23(20,21)10-9-12-5-2-3-8-15(12)16(17,18)19/h2-11H,1H3/b10-9+. The number of hydrogen-bond acceptors (Lipinski definition) is 3. The molecule has 2 aromatic rings. The van der Waals surface area contributed by atoms with Crippen molar-refractivity contribution in [3.63, 3.8) is 0 Å². The molecular formula is C16H13F3O3S. The number of sulfone groups is 1. The molecule has 0 amide bonds. The lowest BCUT2D eigenvalue weighted by Gasteiger charge is -2.09. The lowest BCUT2D eigenvalue weighted by Crippen LogP contribution is -2.07. The normalized spacial score (nSPS) is 12.5. The van der Waals surface area contributed by atoms with Gasteiger partial charge in [0.2, 0.25) is 0 Å². The average Bonchev–Trinajstić information content (AvgIpc) is 2.52. The maximum absolute atomic E-state index is 12.9. The molecule has 0 atom stereocenters. The van der Waals surface area contributed by atoms with Crippen LogP contribution in [0, 0.1) is 0 Å². The van der Waals surface area contributed by atoms with Crippen LogP contribution in [0.15, 0.2) is 58.8 Å². The summed E-state index contributed by atoms with van der Waals surface area (Å²) in [6.07, 6.45) is -3.61. The molecule has 0 saturated heterocycles. The first-order valence-corrected chi connectivity index (χ1v) is 8.02. The Labute approximate surface area is 131 Å². The van der Waals surface area contributed by atoms with Gasteiger partial charge < -0.3 is 4.74 Å². The van der Waals surface area contributed by atoms with Crippen molar-refractivity contribution >= 4 is 15.9 Å². The van der Waals surface area contributed by atoms with Gasteiger partial charge in [0, 0.05) is 5.41 Å². The van der Waals surface area contributed by atoms with Crippen LogP contribution in [0.1, 0.15) is 11.1 Å². The van der Waals surface area contributed by atoms with Gasteiger partial charge in [-0.05, 0) is 35.9 Å². The van der Waals surface area contributed by atoms with Crippen LogP contribution in [0.25, 0.3) is 6.08 Å². The minimum atomic E-state index is -4.55. The van der Waals surface area contributed by atoms with E-state index in [1.807, 2.05) is 0 Å². The molecule has 0 fully saturated rings. The zero-order chi connectivity index (χ0) is 17.1. The molecule has 0 spiro atoms. The summed E-state index contributed by atoms with van der Waals surface area (Å²) in [4.78, 5) is -0.0578. The fourth-order valence-electron chi connectivity index (χ4n) is 1.92. The van der Waals surface area contributed by atoms with Crippen LogP contribution in [0.2, 0.25) is 0 Å². The van der Waals surface area contributed by atoms with Crippen molar-refractivity contribution in [2.45, 2.75) is 11.1 Å². The summed E-state index contributed by atoms with van der Waals surface area (Å²) in [6, 6.07) is 10.5. The molecule has 2 rings (SSSR count). The average molecular weight is 342 g/mol. The number of halogens is 3. The van der Waals surface area contributed by atoms with Gasteiger partial charge in [0.1, 0.15) is 5.75 Å². The summed E-state index contributed by atoms with van der Waals surface area (Å²) in [5.41, 5.74) is -1.11. The van der Waals surface area contributed by atoms with E-state index >= 15 is 0 Å². The molecule has 0 aromatic heterocycles. The quantitative estimate of drug-likeness (QED) is 0.838. The molecule has 0 aliphatic carbocycles. The van der Waals surface area contributed by atoms with E-state index in [0.29, 0.717) is 5.75 Å². The highest BCUT2D eigenvalue weighted by Crippen LogP contribution is 2.32. The molecule has 0 heterocycles. The Bertz CT molecular complexity index is 824. The van der Waals surface area contributed by atoms with E-state index in [9.17, 15) is 21.6 Å². The van der Waals surface area contributed by atoms with Crippen LogP contribution in [0.4, 0.5) is 13.2 Å². The van der Waals surface area contributed by atoms with Crippen molar-refractivity contribution in [1.82, 2.24) is 0 Å². The maximum Gasteiger partial charge on any atom is 0.416 e. The molecule has 0 bridgehead atoms. The first-order chi connectivity index (χ1) is 10.7. The minimum absolute atomic E-state index is 0.0578. The van der Waals surface area contributed by atoms with Gasteiger partial charge in [0.15, 0.2) is 9.84 Å². The Morgan fingerprint density at radius 2 is 1.74 bits per heavy atom. The summed E-state index contributed by atoms with van der Waals surface area (Å²) < 4.78 is 68.0. The van der Waals surface area contributed by atoms with Gasteiger partial charge in [-0.25, -0.2) is 8.42 Å². The largest absolute Gasteiger partial charge is 0.497 e. The third-order valence-corrected chi connectivity index (χ3v) is 4.47. The number of benzene rings is 2. The molecular weight excluding hydrogens is 329 g/mol. The summed E-state index contributed by atoms with van der Waals surface area (Å²) in [5.74, 6) is 0.343. The zero-order valence-corrected chi connectivity index (χ0v) is 12.9. The lowest BCUT2D eigenvalue weighted by molar-refractivity contribution is -0.137. The van der Waals surface area contributed by atoms with Crippen LogP contribution >= 0.6 is 0 Å². The van der Waals surface area contributed by atoms with E-state index in [0.717, 1.165) is 17.6 Å². The fourth-order valence-corrected chi connectivity index (χ4v) is 2.95. The zero-order valence-electron chi connectivity index (χ0n) is 12.0. The van der Waals surface area contributed by atoms with Crippen LogP contribution < -0.4 is 4.74 Å². The molecule has 2 aromatic carbocycles. The number of alkyl halides is 3. The second kappa shape index (κ2) is 6.45. The van der Waals surface area contributed by atoms with Crippen LogP contribution in [0.3, 0.4) is 0 Å². The molecule has 0 unspecified atom stereocenters. The van der Waals surface area contributed by atoms with Gasteiger partial charge >= 0.3 is 6.18 Å². The SMILES string of the molecule is COc1cccc(S(=O)(=O)/C=C/c2ccccc2C(F)(F)F)c1. The topological polar surface area (TPSA) is 43.4 Å². The van der Waals surface area contributed by atoms with Crippen molar-refractivity contribution in [3.05, 3.63) is 65.1 Å². The summed E-state index contributed by atoms with van der Waals surface area (Å²) in [6.45, 7) is 0. The van der Waals surface area contributed by atoms with Crippen LogP contribution in [0.5, 0.6) is 5.75 Å². The van der Waals surface area contributed by atoms with E-state index in [2.05, 4.69) is 0 Å². The van der Waals surface area contributed by atoms with Gasteiger partial charge in [0.05, 0.1) is 17.6 Å². The van der Waals surface area contributed by atoms with Gasteiger partial charge in [-0.3, -0.25) is 0 Å². The van der Waals surface area contributed by atoms with Crippen LogP contribution in [-0.2, 0) is 16.0 Å². The minimum Gasteiger partial charge on any atom is -0.497 e. The first-order valence-electron chi connectivity index (χ1n) is 6.47. The fraction of sp³-hybridized carbons (Fsp3) is 0.125. The predicted octanol–water partition coefficient (Wildman–Crippen LogP) is 4.16. The molecule has 23 heavy (non-hydrogen) atoms. The third kappa shape index (κ3) is 4.13. The van der Waals surface area contributed by atoms with Crippen LogP contribution in [-0.4, -0.2) is 15.5 Å². The van der Waals surface area contributed by atoms with Crippen molar-refractivity contribution < 1.29 is 26.3 Å². The number of hydrogen-bond donors (Lipinski definition) is 0. The Balaban J connectivity index is 2.40. The third-order valence-electron chi connectivity index (χ3n) is 3.06. The monoisotopic (exact) mass is 342 g/mol. The number of rotatable bonds is 4. The highest BCUT2D eigenvalue weighted by Gasteiger charge is 2.32. The highest BCUT2D eigenvalue weighted by atomic mass is 32.2. The molecule has 0 saturated carbocycles. The Morgan fingerprint density at radius 1 is 1.04 bits per heavy atom. The predicted molar refractivity (Wildman–Crippen MR) is 80.7 cm³/mol. The van der Waals surface area contributed by atoms with Crippen molar-refractivity contribution in [3.8, 4) is 5.75 Å². The van der Waals surface area contributed by atoms with E-state index in [1.54, 1.807) is 6.07 Å². The second-order valence-electron chi connectivity index (χ2n) is 4.61. The van der Waals surface area contributed by atoms with E-state index in [4.69, 9.17) is 4.74 Å². The summed E-state index contributed by atoms with van der Waals surface area (Å²) in [7, 11) is -2.49. The van der Waals surface area contributed by atoms with E-state index < -0.39 is 21.6 Å². The molecule has 3 nitrogen and oxygen atoms in total. The smallest absolute Gasteiger partial charge is 0.416 e. The Hall–Kier alpha value is -2.28. The van der Waals surface area contributed by atoms with Gasteiger partial charge in [-0.15, -0.1) is 0 Å². The molecule has 122 valence electrons. The lowest BCUT2D eigenvalue weighted by atomic mass is 10.1. The Kier molecular flexibility index (Phi) is 4.79. The summed E-state index contributed by atoms with van der Waals surface area (Å²) in [5, 5.41) is 0.756. The maximum atomic E-state index is 12.9. The Morgan fingerprint density at radius 3 is 2.39 bits per heavy atom. The first kappa shape index (κ1) is 17.1. The second-order valence-corrected chi connectivity index (χ2v) is 6.45. The number of ether oxygens (including phenoxy) is 1. The molecule has 0 aliphatic rings. The van der Waals surface area contributed by atoms with E-state index in [-0.39, 0.29) is 10.5 Å². The molecule has 0 radical (unpaired) electrons. The molecule has 7 heteroatoms. The van der Waals surface area contributed by atoms with Crippen molar-refractivity contribution in [2.24, 2.45) is 0 Å². The van der Waals surface area contributed by atoms with Crippen molar-refractivity contribution in [2.75, 3.05) is 7.11 Å². The van der Waals surface area contributed by atoms with Gasteiger partial charge in [-0.1, -0.05) is 24.3 Å².